The highest BCUT2D eigenvalue weighted by Gasteiger charge is 2.31. The molecule has 4 aromatic rings. The minimum absolute atomic E-state index is 0.0977. The fourth-order valence-electron chi connectivity index (χ4n) is 4.89. The van der Waals surface area contributed by atoms with Crippen LogP contribution in [-0.4, -0.2) is 19.0 Å². The SMILES string of the molecule is CC(F)(F)c1ccc(Cl)c(Sc2ccccc2C=O)c1CNC(=O)OCC1c2ccccc2-c2ccccc21. The van der Waals surface area contributed by atoms with Gasteiger partial charge in [-0.2, -0.15) is 0 Å². The Morgan fingerprint density at radius 3 is 2.23 bits per heavy atom. The molecule has 0 atom stereocenters. The minimum atomic E-state index is -3.19. The first-order valence-electron chi connectivity index (χ1n) is 12.3. The lowest BCUT2D eigenvalue weighted by Gasteiger charge is -2.21. The molecule has 0 heterocycles. The maximum Gasteiger partial charge on any atom is 0.407 e. The largest absolute Gasteiger partial charge is 0.449 e. The first-order valence-corrected chi connectivity index (χ1v) is 13.5. The smallest absolute Gasteiger partial charge is 0.407 e. The molecule has 4 nitrogen and oxygen atoms in total. The van der Waals surface area contributed by atoms with E-state index < -0.39 is 12.0 Å². The highest BCUT2D eigenvalue weighted by Crippen LogP contribution is 2.45. The summed E-state index contributed by atoms with van der Waals surface area (Å²) in [5, 5.41) is 2.86. The Kier molecular flexibility index (Phi) is 7.73. The molecule has 0 unspecified atom stereocenters. The van der Waals surface area contributed by atoms with Gasteiger partial charge in [0.1, 0.15) is 6.61 Å². The van der Waals surface area contributed by atoms with Gasteiger partial charge in [-0.25, -0.2) is 13.6 Å². The number of nitrogens with one attached hydrogen (secondary N) is 1. The average molecular weight is 564 g/mol. The van der Waals surface area contributed by atoms with Crippen molar-refractivity contribution in [2.45, 2.75) is 35.1 Å². The van der Waals surface area contributed by atoms with E-state index in [2.05, 4.69) is 5.32 Å². The Hall–Kier alpha value is -3.68. The summed E-state index contributed by atoms with van der Waals surface area (Å²) in [5.74, 6) is -3.32. The van der Waals surface area contributed by atoms with Crippen molar-refractivity contribution in [2.24, 2.45) is 0 Å². The molecule has 1 aliphatic rings. The van der Waals surface area contributed by atoms with Gasteiger partial charge in [-0.15, -0.1) is 0 Å². The van der Waals surface area contributed by atoms with Gasteiger partial charge in [-0.3, -0.25) is 4.79 Å². The lowest BCUT2D eigenvalue weighted by Crippen LogP contribution is -2.27. The number of aldehydes is 1. The molecule has 0 spiro atoms. The van der Waals surface area contributed by atoms with Gasteiger partial charge in [0.2, 0.25) is 0 Å². The lowest BCUT2D eigenvalue weighted by molar-refractivity contribution is 0.0161. The molecule has 0 bridgehead atoms. The van der Waals surface area contributed by atoms with E-state index in [9.17, 15) is 18.4 Å². The minimum Gasteiger partial charge on any atom is -0.449 e. The zero-order chi connectivity index (χ0) is 27.6. The van der Waals surface area contributed by atoms with E-state index >= 15 is 0 Å². The van der Waals surface area contributed by atoms with Gasteiger partial charge in [0.25, 0.3) is 5.92 Å². The molecule has 198 valence electrons. The summed E-state index contributed by atoms with van der Waals surface area (Å²) in [6.45, 7) is 0.656. The van der Waals surface area contributed by atoms with Gasteiger partial charge in [0.05, 0.1) is 5.02 Å². The predicted octanol–water partition coefficient (Wildman–Crippen LogP) is 8.45. The summed E-state index contributed by atoms with van der Waals surface area (Å²) in [5.41, 5.74) is 4.65. The third-order valence-corrected chi connectivity index (χ3v) is 8.39. The zero-order valence-corrected chi connectivity index (χ0v) is 22.5. The first-order chi connectivity index (χ1) is 18.8. The quantitative estimate of drug-likeness (QED) is 0.218. The van der Waals surface area contributed by atoms with Gasteiger partial charge < -0.3 is 10.1 Å². The molecule has 0 saturated heterocycles. The van der Waals surface area contributed by atoms with E-state index in [1.165, 1.54) is 12.1 Å². The Morgan fingerprint density at radius 2 is 1.59 bits per heavy atom. The molecule has 0 fully saturated rings. The average Bonchev–Trinajstić information content (AvgIpc) is 3.25. The summed E-state index contributed by atoms with van der Waals surface area (Å²) in [4.78, 5) is 25.2. The van der Waals surface area contributed by atoms with Gasteiger partial charge in [0.15, 0.2) is 6.29 Å². The van der Waals surface area contributed by atoms with Crippen molar-refractivity contribution in [2.75, 3.05) is 6.61 Å². The van der Waals surface area contributed by atoms with Crippen LogP contribution < -0.4 is 5.32 Å². The van der Waals surface area contributed by atoms with Gasteiger partial charge in [-0.1, -0.05) is 96.2 Å². The number of ether oxygens (including phenoxy) is 1. The maximum atomic E-state index is 14.6. The second-order valence-corrected chi connectivity index (χ2v) is 10.7. The number of alkyl carbamates (subject to hydrolysis) is 1. The zero-order valence-electron chi connectivity index (χ0n) is 20.9. The van der Waals surface area contributed by atoms with E-state index in [-0.39, 0.29) is 35.2 Å². The van der Waals surface area contributed by atoms with Crippen molar-refractivity contribution in [1.82, 2.24) is 5.32 Å². The van der Waals surface area contributed by atoms with Crippen molar-refractivity contribution < 1.29 is 23.1 Å². The van der Waals surface area contributed by atoms with E-state index in [0.717, 1.165) is 40.9 Å². The third kappa shape index (κ3) is 5.56. The Bertz CT molecular complexity index is 1510. The number of benzene rings is 4. The van der Waals surface area contributed by atoms with Crippen LogP contribution in [0.3, 0.4) is 0 Å². The van der Waals surface area contributed by atoms with Crippen molar-refractivity contribution in [3.05, 3.63) is 118 Å². The number of rotatable bonds is 8. The summed E-state index contributed by atoms with van der Waals surface area (Å²) >= 11 is 7.56. The van der Waals surface area contributed by atoms with Gasteiger partial charge >= 0.3 is 6.09 Å². The molecular formula is C31H24ClF2NO3S. The fourth-order valence-corrected chi connectivity index (χ4v) is 6.25. The summed E-state index contributed by atoms with van der Waals surface area (Å²) < 4.78 is 34.8. The normalized spacial score (nSPS) is 12.5. The van der Waals surface area contributed by atoms with E-state index in [1.807, 2.05) is 48.5 Å². The molecule has 4 aromatic carbocycles. The molecule has 1 aliphatic carbocycles. The first kappa shape index (κ1) is 26.9. The Labute approximate surface area is 234 Å². The van der Waals surface area contributed by atoms with Crippen LogP contribution >= 0.6 is 23.4 Å². The van der Waals surface area contributed by atoms with Crippen LogP contribution in [0.4, 0.5) is 13.6 Å². The Morgan fingerprint density at radius 1 is 0.974 bits per heavy atom. The number of halogens is 3. The number of carbonyl (C=O) groups excluding carboxylic acids is 2. The summed E-state index contributed by atoms with van der Waals surface area (Å²) in [6.07, 6.45) is -0.0326. The predicted molar refractivity (Wildman–Crippen MR) is 149 cm³/mol. The molecule has 8 heteroatoms. The third-order valence-electron chi connectivity index (χ3n) is 6.70. The van der Waals surface area contributed by atoms with Crippen LogP contribution in [0.5, 0.6) is 0 Å². The van der Waals surface area contributed by atoms with Crippen LogP contribution in [0.1, 0.15) is 45.5 Å². The van der Waals surface area contributed by atoms with Crippen molar-refractivity contribution >= 4 is 35.7 Å². The van der Waals surface area contributed by atoms with Crippen LogP contribution in [0, 0.1) is 0 Å². The van der Waals surface area contributed by atoms with Crippen LogP contribution in [0.25, 0.3) is 11.1 Å². The maximum absolute atomic E-state index is 14.6. The molecule has 0 aliphatic heterocycles. The number of alkyl halides is 2. The second-order valence-electron chi connectivity index (χ2n) is 9.23. The van der Waals surface area contributed by atoms with E-state index in [4.69, 9.17) is 16.3 Å². The number of carbonyl (C=O) groups is 2. The summed E-state index contributed by atoms with van der Waals surface area (Å²) in [7, 11) is 0. The Balaban J connectivity index is 1.36. The number of amides is 1. The molecule has 0 aromatic heterocycles. The topological polar surface area (TPSA) is 55.4 Å². The summed E-state index contributed by atoms with van der Waals surface area (Å²) in [6, 6.07) is 25.4. The molecule has 5 rings (SSSR count). The number of hydrogen-bond donors (Lipinski definition) is 1. The van der Waals surface area contributed by atoms with Crippen molar-refractivity contribution in [3.8, 4) is 11.1 Å². The van der Waals surface area contributed by atoms with Crippen LogP contribution in [0.15, 0.2) is 94.7 Å². The van der Waals surface area contributed by atoms with Gasteiger partial charge in [-0.05, 0) is 39.9 Å². The molecule has 1 N–H and O–H groups in total. The molecule has 0 radical (unpaired) electrons. The molecule has 0 saturated carbocycles. The van der Waals surface area contributed by atoms with Crippen molar-refractivity contribution in [3.63, 3.8) is 0 Å². The highest BCUT2D eigenvalue weighted by molar-refractivity contribution is 7.99. The standard InChI is InChI=1S/C31H24ClF2NO3S/c1-31(33,34)26-14-15-27(32)29(39-28-13-7-2-8-19(28)17-36)24(26)16-35-30(37)38-18-25-22-11-5-3-9-20(22)21-10-4-6-12-23(21)25/h2-15,17,25H,16,18H2,1H3,(H,35,37). The fraction of sp³-hybridized carbons (Fsp3) is 0.161. The second kappa shape index (κ2) is 11.2. The van der Waals surface area contributed by atoms with Gasteiger partial charge in [0, 0.05) is 40.3 Å². The molecule has 39 heavy (non-hydrogen) atoms. The van der Waals surface area contributed by atoms with Crippen LogP contribution in [-0.2, 0) is 17.2 Å². The highest BCUT2D eigenvalue weighted by atomic mass is 35.5. The van der Waals surface area contributed by atoms with Crippen molar-refractivity contribution in [1.29, 1.82) is 0 Å². The molecular weight excluding hydrogens is 540 g/mol. The number of hydrogen-bond acceptors (Lipinski definition) is 4. The lowest BCUT2D eigenvalue weighted by atomic mass is 9.98. The van der Waals surface area contributed by atoms with Crippen LogP contribution in [0.2, 0.25) is 5.02 Å². The number of fused-ring (bicyclic) bond motifs is 3. The monoisotopic (exact) mass is 563 g/mol. The van der Waals surface area contributed by atoms with E-state index in [0.29, 0.717) is 21.6 Å². The van der Waals surface area contributed by atoms with E-state index in [1.54, 1.807) is 24.3 Å². The molecule has 1 amide bonds.